The van der Waals surface area contributed by atoms with E-state index in [0.717, 1.165) is 19.3 Å². The first kappa shape index (κ1) is 11.7. The molecule has 1 aromatic carbocycles. The molecule has 0 spiro atoms. The van der Waals surface area contributed by atoms with Crippen LogP contribution in [-0.4, -0.2) is 6.04 Å². The summed E-state index contributed by atoms with van der Waals surface area (Å²) in [6.45, 7) is 4.00. The van der Waals surface area contributed by atoms with Gasteiger partial charge in [-0.25, -0.2) is 0 Å². The van der Waals surface area contributed by atoms with E-state index in [1.807, 2.05) is 13.8 Å². The van der Waals surface area contributed by atoms with Crippen molar-refractivity contribution in [2.24, 2.45) is 5.73 Å². The fourth-order valence-electron chi connectivity index (χ4n) is 1.75. The van der Waals surface area contributed by atoms with Crippen molar-refractivity contribution in [1.29, 1.82) is 0 Å². The van der Waals surface area contributed by atoms with E-state index in [4.69, 9.17) is 5.73 Å². The Hall–Kier alpha value is -0.340. The Balaban J connectivity index is 0.000000461. The third-order valence-electron chi connectivity index (χ3n) is 2.43. The molecule has 0 radical (unpaired) electrons. The van der Waals surface area contributed by atoms with E-state index < -0.39 is 0 Å². The maximum Gasteiger partial charge on any atom is 0.0178 e. The second-order valence-corrected chi connectivity index (χ2v) is 4.33. The summed E-state index contributed by atoms with van der Waals surface area (Å²) in [6.07, 6.45) is 3.31. The molecule has 0 aromatic heterocycles. The van der Waals surface area contributed by atoms with Crippen LogP contribution >= 0.6 is 15.9 Å². The van der Waals surface area contributed by atoms with Crippen molar-refractivity contribution in [3.8, 4) is 0 Å². The maximum absolute atomic E-state index is 5.88. The van der Waals surface area contributed by atoms with Crippen molar-refractivity contribution in [3.63, 3.8) is 0 Å². The number of rotatable bonds is 0. The molecule has 14 heavy (non-hydrogen) atoms. The van der Waals surface area contributed by atoms with Gasteiger partial charge in [-0.1, -0.05) is 35.8 Å². The molecular formula is C12H18BrN. The molecular weight excluding hydrogens is 238 g/mol. The van der Waals surface area contributed by atoms with Gasteiger partial charge in [0.1, 0.15) is 0 Å². The van der Waals surface area contributed by atoms with Crippen LogP contribution in [-0.2, 0) is 12.8 Å². The van der Waals surface area contributed by atoms with Gasteiger partial charge in [0.05, 0.1) is 0 Å². The van der Waals surface area contributed by atoms with E-state index in [0.29, 0.717) is 6.04 Å². The van der Waals surface area contributed by atoms with Gasteiger partial charge < -0.3 is 5.73 Å². The number of fused-ring (bicyclic) bond motifs is 1. The Morgan fingerprint density at radius 2 is 2.00 bits per heavy atom. The maximum atomic E-state index is 5.88. The van der Waals surface area contributed by atoms with Crippen molar-refractivity contribution < 1.29 is 0 Å². The summed E-state index contributed by atoms with van der Waals surface area (Å²) < 4.78 is 1.18. The van der Waals surface area contributed by atoms with Gasteiger partial charge in [0.2, 0.25) is 0 Å². The molecule has 2 rings (SSSR count). The van der Waals surface area contributed by atoms with Crippen molar-refractivity contribution in [1.82, 2.24) is 0 Å². The first-order valence-electron chi connectivity index (χ1n) is 5.28. The summed E-state index contributed by atoms with van der Waals surface area (Å²) in [7, 11) is 0. The highest BCUT2D eigenvalue weighted by Crippen LogP contribution is 2.23. The smallest absolute Gasteiger partial charge is 0.0178 e. The number of halogens is 1. The molecule has 0 bridgehead atoms. The fraction of sp³-hybridized carbons (Fsp3) is 0.500. The van der Waals surface area contributed by atoms with Crippen molar-refractivity contribution in [2.45, 2.75) is 39.2 Å². The largest absolute Gasteiger partial charge is 0.327 e. The Morgan fingerprint density at radius 3 is 2.71 bits per heavy atom. The monoisotopic (exact) mass is 255 g/mol. The average Bonchev–Trinajstić information content (AvgIpc) is 2.21. The Kier molecular flexibility index (Phi) is 4.63. The van der Waals surface area contributed by atoms with E-state index in [1.165, 1.54) is 15.6 Å². The number of aryl methyl sites for hydroxylation is 1. The van der Waals surface area contributed by atoms with Crippen molar-refractivity contribution >= 4 is 15.9 Å². The summed E-state index contributed by atoms with van der Waals surface area (Å²) in [5.41, 5.74) is 8.77. The molecule has 2 N–H and O–H groups in total. The minimum absolute atomic E-state index is 0.374. The van der Waals surface area contributed by atoms with E-state index in [9.17, 15) is 0 Å². The molecule has 0 amide bonds. The summed E-state index contributed by atoms with van der Waals surface area (Å²) in [4.78, 5) is 0. The normalized spacial score (nSPS) is 19.3. The third-order valence-corrected chi connectivity index (χ3v) is 2.93. The molecule has 1 aliphatic rings. The Bertz CT molecular complexity index is 296. The lowest BCUT2D eigenvalue weighted by atomic mass is 9.89. The minimum atomic E-state index is 0.374. The molecule has 78 valence electrons. The van der Waals surface area contributed by atoms with Crippen LogP contribution in [0.3, 0.4) is 0 Å². The van der Waals surface area contributed by atoms with E-state index in [-0.39, 0.29) is 0 Å². The second-order valence-electron chi connectivity index (χ2n) is 3.42. The molecule has 1 aromatic rings. The molecule has 0 aliphatic heterocycles. The van der Waals surface area contributed by atoms with Crippen LogP contribution in [0.1, 0.15) is 31.4 Å². The van der Waals surface area contributed by atoms with E-state index >= 15 is 0 Å². The van der Waals surface area contributed by atoms with Gasteiger partial charge in [-0.2, -0.15) is 0 Å². The molecule has 0 heterocycles. The molecule has 1 unspecified atom stereocenters. The number of nitrogens with two attached hydrogens (primary N) is 1. The molecule has 2 heteroatoms. The van der Waals surface area contributed by atoms with Crippen LogP contribution in [0.15, 0.2) is 22.7 Å². The number of hydrogen-bond donors (Lipinski definition) is 1. The Labute approximate surface area is 94.8 Å². The van der Waals surface area contributed by atoms with Crippen LogP contribution in [0.25, 0.3) is 0 Å². The quantitative estimate of drug-likeness (QED) is 0.757. The van der Waals surface area contributed by atoms with Crippen LogP contribution < -0.4 is 5.73 Å². The van der Waals surface area contributed by atoms with Gasteiger partial charge >= 0.3 is 0 Å². The van der Waals surface area contributed by atoms with Crippen molar-refractivity contribution in [3.05, 3.63) is 33.8 Å². The zero-order chi connectivity index (χ0) is 10.6. The van der Waals surface area contributed by atoms with E-state index in [2.05, 4.69) is 34.1 Å². The van der Waals surface area contributed by atoms with Gasteiger partial charge in [-0.15, -0.1) is 0 Å². The van der Waals surface area contributed by atoms with Gasteiger partial charge in [0, 0.05) is 10.5 Å². The molecule has 1 nitrogen and oxygen atoms in total. The zero-order valence-electron chi connectivity index (χ0n) is 8.89. The topological polar surface area (TPSA) is 26.0 Å². The number of benzene rings is 1. The van der Waals surface area contributed by atoms with Gasteiger partial charge in [0.15, 0.2) is 0 Å². The summed E-state index contributed by atoms with van der Waals surface area (Å²) >= 11 is 3.47. The highest BCUT2D eigenvalue weighted by atomic mass is 79.9. The molecule has 1 atom stereocenters. The first-order valence-corrected chi connectivity index (χ1v) is 6.08. The summed E-state index contributed by atoms with van der Waals surface area (Å²) in [6, 6.07) is 6.86. The molecule has 1 aliphatic carbocycles. The van der Waals surface area contributed by atoms with Crippen molar-refractivity contribution in [2.75, 3.05) is 0 Å². The lowest BCUT2D eigenvalue weighted by Crippen LogP contribution is -2.27. The summed E-state index contributed by atoms with van der Waals surface area (Å²) in [5, 5.41) is 0. The van der Waals surface area contributed by atoms with Crippen LogP contribution in [0.5, 0.6) is 0 Å². The minimum Gasteiger partial charge on any atom is -0.327 e. The number of hydrogen-bond acceptors (Lipinski definition) is 1. The summed E-state index contributed by atoms with van der Waals surface area (Å²) in [5.74, 6) is 0. The lowest BCUT2D eigenvalue weighted by Gasteiger charge is -2.21. The average molecular weight is 256 g/mol. The predicted octanol–water partition coefficient (Wildman–Crippen LogP) is 3.29. The van der Waals surface area contributed by atoms with Gasteiger partial charge in [0.25, 0.3) is 0 Å². The van der Waals surface area contributed by atoms with Crippen LogP contribution in [0.4, 0.5) is 0 Å². The fourth-order valence-corrected chi connectivity index (χ4v) is 2.16. The van der Waals surface area contributed by atoms with Crippen LogP contribution in [0.2, 0.25) is 0 Å². The van der Waals surface area contributed by atoms with E-state index in [1.54, 1.807) is 0 Å². The molecule has 0 saturated heterocycles. The molecule has 0 saturated carbocycles. The standard InChI is InChI=1S/C10H12BrN.C2H6/c11-9-3-1-8-6-10(12)4-2-7(8)5-9;1-2/h1,3,5,10H,2,4,6,12H2;1-2H3. The SMILES string of the molecule is CC.NC1CCc2cc(Br)ccc2C1. The highest BCUT2D eigenvalue weighted by Gasteiger charge is 2.14. The zero-order valence-corrected chi connectivity index (χ0v) is 10.5. The van der Waals surface area contributed by atoms with Gasteiger partial charge in [-0.05, 0) is 42.5 Å². The lowest BCUT2D eigenvalue weighted by molar-refractivity contribution is 0.576. The third kappa shape index (κ3) is 2.82. The van der Waals surface area contributed by atoms with Gasteiger partial charge in [-0.3, -0.25) is 0 Å². The van der Waals surface area contributed by atoms with Crippen LogP contribution in [0, 0.1) is 0 Å². The Morgan fingerprint density at radius 1 is 1.29 bits per heavy atom. The highest BCUT2D eigenvalue weighted by molar-refractivity contribution is 9.10. The predicted molar refractivity (Wildman–Crippen MR) is 65.5 cm³/mol. The molecule has 0 fully saturated rings. The second kappa shape index (κ2) is 5.52. The first-order chi connectivity index (χ1) is 6.75.